The van der Waals surface area contributed by atoms with Crippen molar-refractivity contribution in [2.24, 2.45) is 4.99 Å². The Kier molecular flexibility index (Phi) is 10.8. The van der Waals surface area contributed by atoms with E-state index in [2.05, 4.69) is 4.99 Å². The first-order valence-corrected chi connectivity index (χ1v) is 16.1. The minimum absolute atomic E-state index is 0.193. The van der Waals surface area contributed by atoms with Crippen molar-refractivity contribution in [1.29, 1.82) is 0 Å². The molecular formula is C35H33ClN2O8S. The van der Waals surface area contributed by atoms with E-state index in [9.17, 15) is 14.4 Å². The van der Waals surface area contributed by atoms with Crippen LogP contribution in [0.4, 0.5) is 0 Å². The lowest BCUT2D eigenvalue weighted by Gasteiger charge is -2.23. The summed E-state index contributed by atoms with van der Waals surface area (Å²) in [5, 5.41) is 0.457. The van der Waals surface area contributed by atoms with E-state index in [0.29, 0.717) is 68.1 Å². The predicted molar refractivity (Wildman–Crippen MR) is 178 cm³/mol. The van der Waals surface area contributed by atoms with Crippen molar-refractivity contribution >= 4 is 41.0 Å². The number of ether oxygens (including phenoxy) is 5. The molecule has 0 fully saturated rings. The molecule has 5 rings (SSSR count). The van der Waals surface area contributed by atoms with Gasteiger partial charge in [-0.3, -0.25) is 9.36 Å². The van der Waals surface area contributed by atoms with Gasteiger partial charge in [-0.15, -0.1) is 0 Å². The summed E-state index contributed by atoms with van der Waals surface area (Å²) in [7, 11) is 1.28. The SMILES string of the molecule is CCOC(=O)c1ccc(COc2ccc(Cl)cc2/C=c2/sc3n(c2=O)[C@H](c2ccc(OCC)c(OCC)c2)C(C(=O)OC)=CN=3)cc1. The Balaban J connectivity index is 1.53. The fourth-order valence-electron chi connectivity index (χ4n) is 5.00. The number of nitrogens with zero attached hydrogens (tertiary/aromatic N) is 2. The molecule has 2 heterocycles. The molecule has 1 atom stereocenters. The topological polar surface area (TPSA) is 115 Å². The number of benzene rings is 3. The highest BCUT2D eigenvalue weighted by molar-refractivity contribution is 7.07. The van der Waals surface area contributed by atoms with Gasteiger partial charge in [0.1, 0.15) is 12.4 Å². The Hall–Kier alpha value is -4.87. The number of thiazole rings is 1. The monoisotopic (exact) mass is 676 g/mol. The Morgan fingerprint density at radius 2 is 1.62 bits per heavy atom. The highest BCUT2D eigenvalue weighted by Crippen LogP contribution is 2.35. The normalized spacial score (nSPS) is 14.0. The predicted octanol–water partition coefficient (Wildman–Crippen LogP) is 5.22. The number of fused-ring (bicyclic) bond motifs is 1. The molecule has 0 saturated heterocycles. The lowest BCUT2D eigenvalue weighted by molar-refractivity contribution is -0.136. The third kappa shape index (κ3) is 7.42. The maximum absolute atomic E-state index is 14.1. The van der Waals surface area contributed by atoms with E-state index in [0.717, 1.165) is 5.56 Å². The summed E-state index contributed by atoms with van der Waals surface area (Å²) in [4.78, 5) is 43.8. The molecule has 0 spiro atoms. The van der Waals surface area contributed by atoms with Gasteiger partial charge in [0, 0.05) is 16.8 Å². The van der Waals surface area contributed by atoms with Crippen LogP contribution in [-0.2, 0) is 20.9 Å². The number of halogens is 1. The van der Waals surface area contributed by atoms with Gasteiger partial charge in [0.05, 0.1) is 48.6 Å². The van der Waals surface area contributed by atoms with Gasteiger partial charge in [-0.25, -0.2) is 14.6 Å². The number of aromatic nitrogens is 1. The number of rotatable bonds is 12. The molecule has 0 N–H and O–H groups in total. The zero-order valence-electron chi connectivity index (χ0n) is 26.3. The first kappa shape index (κ1) is 33.5. The Labute approximate surface area is 280 Å². The molecule has 10 nitrogen and oxygen atoms in total. The van der Waals surface area contributed by atoms with Gasteiger partial charge in [0.15, 0.2) is 16.3 Å². The third-order valence-corrected chi connectivity index (χ3v) is 8.36. The number of carbonyl (C=O) groups is 2. The molecular weight excluding hydrogens is 644 g/mol. The van der Waals surface area contributed by atoms with Crippen LogP contribution in [0.5, 0.6) is 17.2 Å². The molecule has 0 bridgehead atoms. The van der Waals surface area contributed by atoms with Crippen molar-refractivity contribution in [1.82, 2.24) is 4.57 Å². The van der Waals surface area contributed by atoms with Crippen LogP contribution < -0.4 is 29.1 Å². The maximum atomic E-state index is 14.1. The molecule has 1 aromatic heterocycles. The Morgan fingerprint density at radius 3 is 2.32 bits per heavy atom. The number of hydrogen-bond donors (Lipinski definition) is 0. The van der Waals surface area contributed by atoms with Crippen LogP contribution >= 0.6 is 22.9 Å². The van der Waals surface area contributed by atoms with Crippen molar-refractivity contribution < 1.29 is 33.3 Å². The van der Waals surface area contributed by atoms with Crippen molar-refractivity contribution in [3.8, 4) is 17.2 Å². The van der Waals surface area contributed by atoms with Crippen LogP contribution in [0.1, 0.15) is 53.9 Å². The average molecular weight is 677 g/mol. The van der Waals surface area contributed by atoms with Crippen LogP contribution in [0.2, 0.25) is 5.02 Å². The molecule has 12 heteroatoms. The number of esters is 2. The third-order valence-electron chi connectivity index (χ3n) is 7.13. The summed E-state index contributed by atoms with van der Waals surface area (Å²) in [6.07, 6.45) is 3.13. The van der Waals surface area contributed by atoms with Gasteiger partial charge in [-0.05, 0) is 80.4 Å². The van der Waals surface area contributed by atoms with E-state index in [1.54, 1.807) is 73.7 Å². The van der Waals surface area contributed by atoms with Crippen molar-refractivity contribution in [3.63, 3.8) is 0 Å². The van der Waals surface area contributed by atoms with E-state index in [1.165, 1.54) is 29.2 Å². The quantitative estimate of drug-likeness (QED) is 0.188. The molecule has 0 radical (unpaired) electrons. The van der Waals surface area contributed by atoms with E-state index in [1.807, 2.05) is 13.8 Å². The fourth-order valence-corrected chi connectivity index (χ4v) is 6.15. The first-order valence-electron chi connectivity index (χ1n) is 14.9. The number of hydrogen-bond acceptors (Lipinski definition) is 10. The highest BCUT2D eigenvalue weighted by atomic mass is 35.5. The minimum Gasteiger partial charge on any atom is -0.490 e. The molecule has 0 saturated carbocycles. The Morgan fingerprint density at radius 1 is 0.894 bits per heavy atom. The van der Waals surface area contributed by atoms with Crippen LogP contribution in [0, 0.1) is 0 Å². The lowest BCUT2D eigenvalue weighted by atomic mass is 9.97. The van der Waals surface area contributed by atoms with E-state index >= 15 is 0 Å². The zero-order chi connectivity index (χ0) is 33.5. The largest absolute Gasteiger partial charge is 0.490 e. The minimum atomic E-state index is -0.830. The van der Waals surface area contributed by atoms with Crippen LogP contribution in [0.15, 0.2) is 82.2 Å². The van der Waals surface area contributed by atoms with Gasteiger partial charge < -0.3 is 23.7 Å². The van der Waals surface area contributed by atoms with Gasteiger partial charge in [0.2, 0.25) is 0 Å². The maximum Gasteiger partial charge on any atom is 0.338 e. The molecule has 0 amide bonds. The molecule has 47 heavy (non-hydrogen) atoms. The van der Waals surface area contributed by atoms with Crippen LogP contribution in [-0.4, -0.2) is 43.4 Å². The number of methoxy groups -OCH3 is 1. The van der Waals surface area contributed by atoms with Gasteiger partial charge in [0.25, 0.3) is 5.56 Å². The summed E-state index contributed by atoms with van der Waals surface area (Å²) >= 11 is 7.54. The standard InChI is InChI=1S/C35H33ClN2O8S/c1-5-43-28-14-12-23(17-29(28)44-6-2)31-26(34(41)42-4)19-37-35-38(31)32(39)30(47-35)18-24-16-25(36)13-15-27(24)46-20-21-8-10-22(11-9-21)33(40)45-7-3/h8-19,31H,5-7,20H2,1-4H3/b30-18+/t31-/m1/s1. The second kappa shape index (κ2) is 15.1. The van der Waals surface area contributed by atoms with E-state index in [-0.39, 0.29) is 23.7 Å². The smallest absolute Gasteiger partial charge is 0.338 e. The summed E-state index contributed by atoms with van der Waals surface area (Å²) in [6.45, 7) is 6.83. The van der Waals surface area contributed by atoms with Crippen molar-refractivity contribution in [3.05, 3.63) is 119 Å². The van der Waals surface area contributed by atoms with E-state index in [4.69, 9.17) is 35.3 Å². The molecule has 0 aliphatic carbocycles. The van der Waals surface area contributed by atoms with Gasteiger partial charge in [-0.2, -0.15) is 0 Å². The summed E-state index contributed by atoms with van der Waals surface area (Å²) < 4.78 is 29.6. The van der Waals surface area contributed by atoms with Gasteiger partial charge in [-0.1, -0.05) is 41.1 Å². The molecule has 1 aliphatic rings. The molecule has 0 unspecified atom stereocenters. The fraction of sp³-hybridized carbons (Fsp3) is 0.257. The molecule has 4 aromatic rings. The van der Waals surface area contributed by atoms with Crippen LogP contribution in [0.3, 0.4) is 0 Å². The molecule has 244 valence electrons. The average Bonchev–Trinajstić information content (AvgIpc) is 3.39. The number of carbonyl (C=O) groups excluding carboxylic acids is 2. The van der Waals surface area contributed by atoms with Crippen molar-refractivity contribution in [2.45, 2.75) is 33.4 Å². The van der Waals surface area contributed by atoms with Crippen molar-refractivity contribution in [2.75, 3.05) is 26.9 Å². The molecule has 1 aliphatic heterocycles. The van der Waals surface area contributed by atoms with E-state index < -0.39 is 12.0 Å². The highest BCUT2D eigenvalue weighted by Gasteiger charge is 2.31. The zero-order valence-corrected chi connectivity index (χ0v) is 27.9. The summed E-state index contributed by atoms with van der Waals surface area (Å²) in [6, 6.07) is 16.6. The van der Waals surface area contributed by atoms with Gasteiger partial charge >= 0.3 is 11.9 Å². The second-order valence-corrected chi connectivity index (χ2v) is 11.6. The molecule has 3 aromatic carbocycles. The van der Waals surface area contributed by atoms with Crippen LogP contribution in [0.25, 0.3) is 6.08 Å². The lowest BCUT2D eigenvalue weighted by Crippen LogP contribution is -2.39. The Bertz CT molecular complexity index is 2000. The second-order valence-electron chi connectivity index (χ2n) is 10.1. The summed E-state index contributed by atoms with van der Waals surface area (Å²) in [5.74, 6) is 0.540. The first-order chi connectivity index (χ1) is 22.8. The summed E-state index contributed by atoms with van der Waals surface area (Å²) in [5.41, 5.74) is 2.31.